The lowest BCUT2D eigenvalue weighted by Crippen LogP contribution is -2.52. The molecule has 0 bridgehead atoms. The van der Waals surface area contributed by atoms with E-state index < -0.39 is 0 Å². The van der Waals surface area contributed by atoms with Gasteiger partial charge < -0.3 is 9.64 Å². The van der Waals surface area contributed by atoms with Crippen molar-refractivity contribution in [2.45, 2.75) is 13.8 Å². The molecule has 0 saturated carbocycles. The van der Waals surface area contributed by atoms with E-state index in [1.54, 1.807) is 4.40 Å². The minimum atomic E-state index is -0.131. The summed E-state index contributed by atoms with van der Waals surface area (Å²) in [5.41, 5.74) is 4.92. The SMILES string of the molecule is CCOc1cccn2c(C(=O)NN3CCN(C)CC3)c(C)nc12. The van der Waals surface area contributed by atoms with Crippen LogP contribution in [0.25, 0.3) is 5.65 Å². The first-order valence-corrected chi connectivity index (χ1v) is 7.95. The Kier molecular flexibility index (Phi) is 4.49. The van der Waals surface area contributed by atoms with Crippen molar-refractivity contribution in [3.05, 3.63) is 29.7 Å². The number of pyridine rings is 1. The molecule has 0 aliphatic carbocycles. The summed E-state index contributed by atoms with van der Waals surface area (Å²) in [5, 5.41) is 1.97. The molecule has 0 unspecified atom stereocenters. The number of ether oxygens (including phenoxy) is 1. The van der Waals surface area contributed by atoms with E-state index in [2.05, 4.69) is 22.4 Å². The van der Waals surface area contributed by atoms with E-state index in [1.165, 1.54) is 0 Å². The summed E-state index contributed by atoms with van der Waals surface area (Å²) >= 11 is 0. The van der Waals surface area contributed by atoms with Crippen molar-refractivity contribution in [1.82, 2.24) is 24.7 Å². The average molecular weight is 317 g/mol. The van der Waals surface area contributed by atoms with Gasteiger partial charge in [0.15, 0.2) is 11.4 Å². The molecule has 0 atom stereocenters. The third kappa shape index (κ3) is 3.16. The van der Waals surface area contributed by atoms with Crippen LogP contribution >= 0.6 is 0 Å². The van der Waals surface area contributed by atoms with Gasteiger partial charge in [0.1, 0.15) is 5.69 Å². The van der Waals surface area contributed by atoms with E-state index in [4.69, 9.17) is 4.74 Å². The van der Waals surface area contributed by atoms with Gasteiger partial charge in [0.2, 0.25) is 0 Å². The maximum Gasteiger partial charge on any atom is 0.284 e. The molecule has 0 aromatic carbocycles. The summed E-state index contributed by atoms with van der Waals surface area (Å²) in [6.07, 6.45) is 1.84. The Labute approximate surface area is 135 Å². The molecular weight excluding hydrogens is 294 g/mol. The van der Waals surface area contributed by atoms with Gasteiger partial charge in [-0.15, -0.1) is 0 Å². The number of imidazole rings is 1. The molecule has 3 rings (SSSR count). The zero-order chi connectivity index (χ0) is 16.4. The van der Waals surface area contributed by atoms with Crippen molar-refractivity contribution in [2.75, 3.05) is 39.8 Å². The van der Waals surface area contributed by atoms with Gasteiger partial charge in [-0.05, 0) is 33.0 Å². The molecule has 1 fully saturated rings. The maximum atomic E-state index is 12.7. The van der Waals surface area contributed by atoms with E-state index in [0.717, 1.165) is 26.2 Å². The third-order valence-electron chi connectivity index (χ3n) is 4.07. The number of hydrazine groups is 1. The molecule has 23 heavy (non-hydrogen) atoms. The molecular formula is C16H23N5O2. The fraction of sp³-hybridized carbons (Fsp3) is 0.500. The van der Waals surface area contributed by atoms with Crippen molar-refractivity contribution in [1.29, 1.82) is 0 Å². The number of aromatic nitrogens is 2. The summed E-state index contributed by atoms with van der Waals surface area (Å²) in [7, 11) is 2.09. The van der Waals surface area contributed by atoms with Crippen LogP contribution in [0.1, 0.15) is 23.1 Å². The molecule has 7 heteroatoms. The van der Waals surface area contributed by atoms with Crippen molar-refractivity contribution in [2.24, 2.45) is 0 Å². The van der Waals surface area contributed by atoms with Crippen LogP contribution in [-0.2, 0) is 0 Å². The topological polar surface area (TPSA) is 62.1 Å². The molecule has 2 aromatic heterocycles. The second kappa shape index (κ2) is 6.55. The van der Waals surface area contributed by atoms with Gasteiger partial charge in [-0.25, -0.2) is 9.99 Å². The van der Waals surface area contributed by atoms with E-state index >= 15 is 0 Å². The minimum Gasteiger partial charge on any atom is -0.490 e. The summed E-state index contributed by atoms with van der Waals surface area (Å²) in [6.45, 7) is 7.88. The lowest BCUT2D eigenvalue weighted by atomic mass is 10.3. The summed E-state index contributed by atoms with van der Waals surface area (Å²) in [4.78, 5) is 19.4. The number of hydrogen-bond acceptors (Lipinski definition) is 5. The van der Waals surface area contributed by atoms with Crippen LogP contribution in [-0.4, -0.2) is 65.0 Å². The van der Waals surface area contributed by atoms with Crippen molar-refractivity contribution < 1.29 is 9.53 Å². The number of hydrogen-bond donors (Lipinski definition) is 1. The van der Waals surface area contributed by atoms with Gasteiger partial charge in [-0.2, -0.15) is 0 Å². The molecule has 3 heterocycles. The Hall–Kier alpha value is -2.12. The van der Waals surface area contributed by atoms with Gasteiger partial charge in [0.05, 0.1) is 12.3 Å². The zero-order valence-corrected chi connectivity index (χ0v) is 13.9. The predicted octanol–water partition coefficient (Wildman–Crippen LogP) is 0.934. The van der Waals surface area contributed by atoms with E-state index in [9.17, 15) is 4.79 Å². The highest BCUT2D eigenvalue weighted by molar-refractivity contribution is 5.94. The van der Waals surface area contributed by atoms with Crippen LogP contribution in [0.3, 0.4) is 0 Å². The standard InChI is InChI=1S/C16H23N5O2/c1-4-23-13-6-5-7-21-14(12(2)17-15(13)21)16(22)18-20-10-8-19(3)9-11-20/h5-7H,4,8-11H2,1-3H3,(H,18,22). The molecule has 7 nitrogen and oxygen atoms in total. The number of aryl methyl sites for hydroxylation is 1. The lowest BCUT2D eigenvalue weighted by molar-refractivity contribution is 0.0656. The second-order valence-corrected chi connectivity index (χ2v) is 5.78. The molecule has 1 saturated heterocycles. The van der Waals surface area contributed by atoms with Crippen molar-refractivity contribution >= 4 is 11.6 Å². The Morgan fingerprint density at radius 1 is 1.35 bits per heavy atom. The van der Waals surface area contributed by atoms with Crippen LogP contribution in [0.5, 0.6) is 5.75 Å². The van der Waals surface area contributed by atoms with Crippen LogP contribution in [0.4, 0.5) is 0 Å². The predicted molar refractivity (Wildman–Crippen MR) is 87.6 cm³/mol. The first kappa shape index (κ1) is 15.8. The molecule has 0 radical (unpaired) electrons. The highest BCUT2D eigenvalue weighted by atomic mass is 16.5. The van der Waals surface area contributed by atoms with E-state index in [-0.39, 0.29) is 5.91 Å². The zero-order valence-electron chi connectivity index (χ0n) is 13.9. The van der Waals surface area contributed by atoms with Gasteiger partial charge >= 0.3 is 0 Å². The number of fused-ring (bicyclic) bond motifs is 1. The maximum absolute atomic E-state index is 12.7. The first-order chi connectivity index (χ1) is 11.1. The highest BCUT2D eigenvalue weighted by Crippen LogP contribution is 2.22. The molecule has 1 aliphatic rings. The third-order valence-corrected chi connectivity index (χ3v) is 4.07. The number of amides is 1. The van der Waals surface area contributed by atoms with Crippen LogP contribution in [0.2, 0.25) is 0 Å². The van der Waals surface area contributed by atoms with Crippen LogP contribution < -0.4 is 10.2 Å². The van der Waals surface area contributed by atoms with E-state index in [1.807, 2.05) is 37.2 Å². The van der Waals surface area contributed by atoms with Gasteiger partial charge in [-0.3, -0.25) is 14.6 Å². The number of carbonyl (C=O) groups is 1. The van der Waals surface area contributed by atoms with Gasteiger partial charge in [0.25, 0.3) is 5.91 Å². The van der Waals surface area contributed by atoms with Gasteiger partial charge in [0, 0.05) is 32.4 Å². The molecule has 0 spiro atoms. The second-order valence-electron chi connectivity index (χ2n) is 5.78. The lowest BCUT2D eigenvalue weighted by Gasteiger charge is -2.32. The summed E-state index contributed by atoms with van der Waals surface area (Å²) in [6, 6.07) is 3.74. The monoisotopic (exact) mass is 317 g/mol. The number of nitrogens with one attached hydrogen (secondary N) is 1. The van der Waals surface area contributed by atoms with E-state index in [0.29, 0.717) is 29.4 Å². The Morgan fingerprint density at radius 2 is 2.09 bits per heavy atom. The molecule has 124 valence electrons. The Bertz CT molecular complexity index is 704. The number of rotatable bonds is 4. The molecule has 1 amide bonds. The molecule has 2 aromatic rings. The minimum absolute atomic E-state index is 0.131. The number of carbonyl (C=O) groups excluding carboxylic acids is 1. The summed E-state index contributed by atoms with van der Waals surface area (Å²) < 4.78 is 7.40. The summed E-state index contributed by atoms with van der Waals surface area (Å²) in [5.74, 6) is 0.560. The normalized spacial score (nSPS) is 16.7. The fourth-order valence-electron chi connectivity index (χ4n) is 2.81. The van der Waals surface area contributed by atoms with Crippen LogP contribution in [0.15, 0.2) is 18.3 Å². The smallest absolute Gasteiger partial charge is 0.284 e. The van der Waals surface area contributed by atoms with Gasteiger partial charge in [-0.1, -0.05) is 0 Å². The number of likely N-dealkylation sites (N-methyl/N-ethyl adjacent to an activating group) is 1. The fourth-order valence-corrected chi connectivity index (χ4v) is 2.81. The number of piperazine rings is 1. The largest absolute Gasteiger partial charge is 0.490 e. The average Bonchev–Trinajstić information content (AvgIpc) is 2.87. The van der Waals surface area contributed by atoms with Crippen LogP contribution in [0, 0.1) is 6.92 Å². The van der Waals surface area contributed by atoms with Crippen molar-refractivity contribution in [3.63, 3.8) is 0 Å². The Morgan fingerprint density at radius 3 is 2.78 bits per heavy atom. The number of nitrogens with zero attached hydrogens (tertiary/aromatic N) is 4. The quantitative estimate of drug-likeness (QED) is 0.909. The highest BCUT2D eigenvalue weighted by Gasteiger charge is 2.22. The van der Waals surface area contributed by atoms with Crippen molar-refractivity contribution in [3.8, 4) is 5.75 Å². The molecule has 1 N–H and O–H groups in total. The molecule has 1 aliphatic heterocycles. The first-order valence-electron chi connectivity index (χ1n) is 7.95. The Balaban J connectivity index is 1.85.